The van der Waals surface area contributed by atoms with Crippen molar-refractivity contribution in [2.45, 2.75) is 36.7 Å². The Morgan fingerprint density at radius 2 is 2.00 bits per heavy atom. The van der Waals surface area contributed by atoms with E-state index in [2.05, 4.69) is 5.32 Å². The number of aliphatic hydroxyl groups excluding tert-OH is 1. The summed E-state index contributed by atoms with van der Waals surface area (Å²) in [7, 11) is 0. The third-order valence-electron chi connectivity index (χ3n) is 3.72. The van der Waals surface area contributed by atoms with E-state index in [1.807, 2.05) is 30.5 Å². The number of aliphatic hydroxyl groups is 1. The molecule has 0 unspecified atom stereocenters. The lowest BCUT2D eigenvalue weighted by molar-refractivity contribution is 0.0907. The Morgan fingerprint density at radius 1 is 1.32 bits per heavy atom. The highest BCUT2D eigenvalue weighted by atomic mass is 32.2. The predicted octanol–water partition coefficient (Wildman–Crippen LogP) is 2.69. The van der Waals surface area contributed by atoms with Gasteiger partial charge in [0.2, 0.25) is 0 Å². The average Bonchev–Trinajstić information content (AvgIpc) is 2.46. The van der Waals surface area contributed by atoms with Crippen molar-refractivity contribution in [1.29, 1.82) is 0 Å². The summed E-state index contributed by atoms with van der Waals surface area (Å²) in [5.41, 5.74) is 0.755. The molecule has 1 aromatic rings. The van der Waals surface area contributed by atoms with Crippen LogP contribution >= 0.6 is 11.8 Å². The molecule has 0 radical (unpaired) electrons. The van der Waals surface area contributed by atoms with Crippen LogP contribution in [0.4, 0.5) is 0 Å². The van der Waals surface area contributed by atoms with E-state index in [-0.39, 0.29) is 12.0 Å². The van der Waals surface area contributed by atoms with Crippen LogP contribution in [0.2, 0.25) is 0 Å². The molecule has 4 heteroatoms. The molecule has 1 saturated carbocycles. The predicted molar refractivity (Wildman–Crippen MR) is 78.5 cm³/mol. The molecule has 2 rings (SSSR count). The summed E-state index contributed by atoms with van der Waals surface area (Å²) in [4.78, 5) is 13.2. The molecule has 0 aromatic heterocycles. The van der Waals surface area contributed by atoms with Crippen LogP contribution in [0.15, 0.2) is 29.2 Å². The summed E-state index contributed by atoms with van der Waals surface area (Å²) >= 11 is 1.59. The minimum absolute atomic E-state index is 0.0103. The van der Waals surface area contributed by atoms with Gasteiger partial charge in [-0.05, 0) is 50.0 Å². The second-order valence-corrected chi connectivity index (χ2v) is 5.93. The Balaban J connectivity index is 1.87. The van der Waals surface area contributed by atoms with Gasteiger partial charge in [-0.15, -0.1) is 11.8 Å². The third kappa shape index (κ3) is 3.98. The zero-order valence-corrected chi connectivity index (χ0v) is 12.1. The molecule has 0 spiro atoms. The Bertz CT molecular complexity index is 428. The molecular formula is C15H21NO2S. The fourth-order valence-corrected chi connectivity index (χ4v) is 3.11. The van der Waals surface area contributed by atoms with Gasteiger partial charge in [0.15, 0.2) is 0 Å². The summed E-state index contributed by atoms with van der Waals surface area (Å²) < 4.78 is 0. The summed E-state index contributed by atoms with van der Waals surface area (Å²) in [6, 6.07) is 7.68. The summed E-state index contributed by atoms with van der Waals surface area (Å²) in [6.07, 6.45) is 5.58. The van der Waals surface area contributed by atoms with Crippen molar-refractivity contribution in [3.8, 4) is 0 Å². The van der Waals surface area contributed by atoms with Gasteiger partial charge in [0.25, 0.3) is 5.91 Å². The van der Waals surface area contributed by atoms with E-state index in [1.54, 1.807) is 11.8 Å². The van der Waals surface area contributed by atoms with Gasteiger partial charge in [0, 0.05) is 11.4 Å². The number of nitrogens with one attached hydrogen (secondary N) is 1. The summed E-state index contributed by atoms with van der Waals surface area (Å²) in [5, 5.41) is 12.5. The van der Waals surface area contributed by atoms with Gasteiger partial charge in [-0.1, -0.05) is 12.1 Å². The molecule has 19 heavy (non-hydrogen) atoms. The highest BCUT2D eigenvalue weighted by Gasteiger charge is 2.20. The lowest BCUT2D eigenvalue weighted by atomic mass is 9.87. The molecule has 1 aromatic carbocycles. The van der Waals surface area contributed by atoms with Crippen molar-refractivity contribution in [2.75, 3.05) is 12.8 Å². The second kappa shape index (κ2) is 6.96. The number of rotatable bonds is 4. The number of carbonyl (C=O) groups excluding carboxylic acids is 1. The summed E-state index contributed by atoms with van der Waals surface area (Å²) in [6.45, 7) is 0.717. The molecule has 3 nitrogen and oxygen atoms in total. The lowest BCUT2D eigenvalue weighted by Gasteiger charge is -2.25. The van der Waals surface area contributed by atoms with Gasteiger partial charge in [0.1, 0.15) is 0 Å². The van der Waals surface area contributed by atoms with E-state index in [4.69, 9.17) is 0 Å². The van der Waals surface area contributed by atoms with Crippen molar-refractivity contribution in [1.82, 2.24) is 5.32 Å². The van der Waals surface area contributed by atoms with E-state index >= 15 is 0 Å². The minimum atomic E-state index is -0.135. The highest BCUT2D eigenvalue weighted by Crippen LogP contribution is 2.24. The minimum Gasteiger partial charge on any atom is -0.393 e. The van der Waals surface area contributed by atoms with E-state index in [1.165, 1.54) is 0 Å². The maximum absolute atomic E-state index is 12.2. The molecule has 0 atom stereocenters. The highest BCUT2D eigenvalue weighted by molar-refractivity contribution is 7.98. The number of hydrogen-bond acceptors (Lipinski definition) is 3. The molecule has 0 saturated heterocycles. The van der Waals surface area contributed by atoms with Crippen molar-refractivity contribution in [3.05, 3.63) is 29.8 Å². The van der Waals surface area contributed by atoms with Gasteiger partial charge in [-0.2, -0.15) is 0 Å². The van der Waals surface area contributed by atoms with Gasteiger partial charge in [0.05, 0.1) is 11.7 Å². The van der Waals surface area contributed by atoms with Crippen molar-refractivity contribution in [2.24, 2.45) is 5.92 Å². The Labute approximate surface area is 118 Å². The number of amides is 1. The van der Waals surface area contributed by atoms with Crippen LogP contribution in [0.3, 0.4) is 0 Å². The first-order valence-corrected chi connectivity index (χ1v) is 8.02. The van der Waals surface area contributed by atoms with Crippen LogP contribution in [-0.2, 0) is 0 Å². The smallest absolute Gasteiger partial charge is 0.252 e. The fraction of sp³-hybridized carbons (Fsp3) is 0.533. The first-order chi connectivity index (χ1) is 9.20. The molecule has 1 amide bonds. The number of carbonyl (C=O) groups is 1. The normalized spacial score (nSPS) is 23.1. The van der Waals surface area contributed by atoms with Crippen LogP contribution in [0, 0.1) is 5.92 Å². The SMILES string of the molecule is CSc1ccccc1C(=O)NCC1CCC(O)CC1. The van der Waals surface area contributed by atoms with E-state index in [0.29, 0.717) is 12.5 Å². The van der Waals surface area contributed by atoms with Gasteiger partial charge < -0.3 is 10.4 Å². The molecule has 1 aliphatic rings. The first-order valence-electron chi connectivity index (χ1n) is 6.80. The molecule has 1 fully saturated rings. The van der Waals surface area contributed by atoms with Gasteiger partial charge in [-0.3, -0.25) is 4.79 Å². The van der Waals surface area contributed by atoms with E-state index in [9.17, 15) is 9.90 Å². The van der Waals surface area contributed by atoms with Crippen LogP contribution in [0.25, 0.3) is 0 Å². The van der Waals surface area contributed by atoms with E-state index < -0.39 is 0 Å². The summed E-state index contributed by atoms with van der Waals surface area (Å²) in [5.74, 6) is 0.518. The monoisotopic (exact) mass is 279 g/mol. The third-order valence-corrected chi connectivity index (χ3v) is 4.51. The Morgan fingerprint density at radius 3 is 2.68 bits per heavy atom. The molecule has 2 N–H and O–H groups in total. The van der Waals surface area contributed by atoms with Crippen molar-refractivity contribution in [3.63, 3.8) is 0 Å². The quantitative estimate of drug-likeness (QED) is 0.833. The molecule has 0 heterocycles. The molecule has 104 valence electrons. The molecule has 0 bridgehead atoms. The molecule has 1 aliphatic carbocycles. The standard InChI is InChI=1S/C15H21NO2S/c1-19-14-5-3-2-4-13(14)15(18)16-10-11-6-8-12(17)9-7-11/h2-5,11-12,17H,6-10H2,1H3,(H,16,18). The van der Waals surface area contributed by atoms with E-state index in [0.717, 1.165) is 36.1 Å². The zero-order valence-electron chi connectivity index (χ0n) is 11.3. The maximum Gasteiger partial charge on any atom is 0.252 e. The number of hydrogen-bond donors (Lipinski definition) is 2. The number of benzene rings is 1. The zero-order chi connectivity index (χ0) is 13.7. The van der Waals surface area contributed by atoms with Gasteiger partial charge in [-0.25, -0.2) is 0 Å². The first kappa shape index (κ1) is 14.4. The van der Waals surface area contributed by atoms with Crippen LogP contribution in [0.1, 0.15) is 36.0 Å². The second-order valence-electron chi connectivity index (χ2n) is 5.08. The Kier molecular flexibility index (Phi) is 5.28. The fourth-order valence-electron chi connectivity index (χ4n) is 2.51. The van der Waals surface area contributed by atoms with Crippen molar-refractivity contribution >= 4 is 17.7 Å². The van der Waals surface area contributed by atoms with Crippen LogP contribution in [-0.4, -0.2) is 29.9 Å². The average molecular weight is 279 g/mol. The Hall–Kier alpha value is -1.00. The van der Waals surface area contributed by atoms with Crippen molar-refractivity contribution < 1.29 is 9.90 Å². The van der Waals surface area contributed by atoms with Crippen LogP contribution < -0.4 is 5.32 Å². The lowest BCUT2D eigenvalue weighted by Crippen LogP contribution is -2.32. The largest absolute Gasteiger partial charge is 0.393 e. The molecule has 0 aliphatic heterocycles. The van der Waals surface area contributed by atoms with Crippen LogP contribution in [0.5, 0.6) is 0 Å². The topological polar surface area (TPSA) is 49.3 Å². The van der Waals surface area contributed by atoms with Gasteiger partial charge >= 0.3 is 0 Å². The maximum atomic E-state index is 12.2. The number of thioether (sulfide) groups is 1. The molecular weight excluding hydrogens is 258 g/mol.